The van der Waals surface area contributed by atoms with E-state index in [4.69, 9.17) is 10.7 Å². The molecule has 0 radical (unpaired) electrons. The minimum Gasteiger partial charge on any atom is -0.326 e. The van der Waals surface area contributed by atoms with E-state index in [0.717, 1.165) is 4.60 Å². The molecule has 0 saturated carbocycles. The lowest BCUT2D eigenvalue weighted by Crippen LogP contribution is -2.55. The maximum absolute atomic E-state index is 5.79. The minimum atomic E-state index is -1.61. The van der Waals surface area contributed by atoms with Crippen LogP contribution < -0.4 is 10.4 Å². The van der Waals surface area contributed by atoms with Crippen LogP contribution in [0, 0.1) is 0 Å². The first-order chi connectivity index (χ1) is 8.28. The maximum atomic E-state index is 5.79. The second-order valence-corrected chi connectivity index (χ2v) is 13.8. The van der Waals surface area contributed by atoms with Gasteiger partial charge < -0.3 is 5.73 Å². The van der Waals surface area contributed by atoms with Crippen LogP contribution in [-0.2, 0) is 6.54 Å². The van der Waals surface area contributed by atoms with Crippen LogP contribution in [0.2, 0.25) is 16.6 Å². The molecular formula is C13H25BrN2SSi. The van der Waals surface area contributed by atoms with Crippen LogP contribution >= 0.6 is 27.3 Å². The Bertz CT molecular complexity index is 380. The zero-order valence-electron chi connectivity index (χ0n) is 12.2. The highest BCUT2D eigenvalue weighted by Crippen LogP contribution is 2.42. The van der Waals surface area contributed by atoms with Crippen LogP contribution in [0.25, 0.3) is 0 Å². The Morgan fingerprint density at radius 2 is 1.56 bits per heavy atom. The van der Waals surface area contributed by atoms with Crippen molar-refractivity contribution in [3.8, 4) is 0 Å². The van der Waals surface area contributed by atoms with Crippen molar-refractivity contribution in [2.24, 2.45) is 5.73 Å². The number of hydrogen-bond acceptors (Lipinski definition) is 3. The summed E-state index contributed by atoms with van der Waals surface area (Å²) in [6, 6.07) is 0. The average molecular weight is 349 g/mol. The van der Waals surface area contributed by atoms with Gasteiger partial charge in [-0.3, -0.25) is 0 Å². The molecule has 2 nitrogen and oxygen atoms in total. The summed E-state index contributed by atoms with van der Waals surface area (Å²) in [5, 5.41) is 0. The van der Waals surface area contributed by atoms with Gasteiger partial charge in [-0.05, 0) is 32.6 Å². The molecule has 2 N–H and O–H groups in total. The zero-order chi connectivity index (χ0) is 14.1. The first kappa shape index (κ1) is 16.3. The summed E-state index contributed by atoms with van der Waals surface area (Å²) in [4.78, 5) is 6.02. The molecule has 1 aromatic rings. The fourth-order valence-electron chi connectivity index (χ4n) is 3.39. The summed E-state index contributed by atoms with van der Waals surface area (Å²) in [6.45, 7) is 14.8. The van der Waals surface area contributed by atoms with Gasteiger partial charge in [-0.2, -0.15) is 0 Å². The Morgan fingerprint density at radius 3 is 1.83 bits per heavy atom. The second kappa shape index (κ2) is 6.16. The first-order valence-electron chi connectivity index (χ1n) is 6.64. The lowest BCUT2D eigenvalue weighted by Gasteiger charge is -2.41. The molecule has 0 aliphatic carbocycles. The van der Waals surface area contributed by atoms with E-state index in [1.165, 1.54) is 9.51 Å². The normalized spacial score (nSPS) is 13.1. The Morgan fingerprint density at radius 1 is 1.11 bits per heavy atom. The average Bonchev–Trinajstić information content (AvgIpc) is 2.58. The molecule has 0 fully saturated rings. The van der Waals surface area contributed by atoms with Gasteiger partial charge in [0.25, 0.3) is 0 Å². The molecule has 1 aromatic heterocycles. The van der Waals surface area contributed by atoms with Crippen molar-refractivity contribution in [3.05, 3.63) is 9.48 Å². The van der Waals surface area contributed by atoms with Gasteiger partial charge in [-0.25, -0.2) is 4.98 Å². The third-order valence-corrected chi connectivity index (χ3v) is 13.8. The molecule has 18 heavy (non-hydrogen) atoms. The molecule has 0 aromatic carbocycles. The van der Waals surface area contributed by atoms with Crippen molar-refractivity contribution >= 4 is 40.0 Å². The highest BCUT2D eigenvalue weighted by molar-refractivity contribution is 9.10. The van der Waals surface area contributed by atoms with E-state index in [-0.39, 0.29) is 0 Å². The summed E-state index contributed by atoms with van der Waals surface area (Å²) >= 11 is 5.39. The number of aromatic nitrogens is 1. The van der Waals surface area contributed by atoms with Crippen molar-refractivity contribution in [1.82, 2.24) is 4.98 Å². The van der Waals surface area contributed by atoms with E-state index in [1.54, 1.807) is 0 Å². The molecule has 0 spiro atoms. The van der Waals surface area contributed by atoms with Crippen molar-refractivity contribution in [3.63, 3.8) is 0 Å². The number of thiazole rings is 1. The summed E-state index contributed by atoms with van der Waals surface area (Å²) in [5.74, 6) is 0. The summed E-state index contributed by atoms with van der Waals surface area (Å²) in [5.41, 5.74) is 7.88. The monoisotopic (exact) mass is 348 g/mol. The highest BCUT2D eigenvalue weighted by Gasteiger charge is 2.47. The molecule has 5 heteroatoms. The van der Waals surface area contributed by atoms with Gasteiger partial charge >= 0.3 is 0 Å². The molecule has 0 aliphatic heterocycles. The van der Waals surface area contributed by atoms with Gasteiger partial charge in [0.1, 0.15) is 12.7 Å². The Balaban J connectivity index is 3.41. The number of nitrogens with two attached hydrogens (primary N) is 1. The predicted octanol–water partition coefficient (Wildman–Crippen LogP) is 4.25. The van der Waals surface area contributed by atoms with Crippen LogP contribution in [0.4, 0.5) is 0 Å². The number of rotatable bonds is 5. The SMILES string of the molecule is CC(C)[Si](c1nc(Br)c(CN)s1)(C(C)C)C(C)C. The lowest BCUT2D eigenvalue weighted by molar-refractivity contribution is 0.833. The van der Waals surface area contributed by atoms with Crippen LogP contribution in [-0.4, -0.2) is 13.1 Å². The Kier molecular flexibility index (Phi) is 5.59. The third kappa shape index (κ3) is 2.60. The van der Waals surface area contributed by atoms with Crippen molar-refractivity contribution in [1.29, 1.82) is 0 Å². The van der Waals surface area contributed by atoms with Crippen molar-refractivity contribution in [2.45, 2.75) is 64.7 Å². The van der Waals surface area contributed by atoms with E-state index >= 15 is 0 Å². The molecule has 0 aliphatic rings. The Hall–Kier alpha value is 0.287. The largest absolute Gasteiger partial charge is 0.326 e. The maximum Gasteiger partial charge on any atom is 0.131 e. The molecule has 0 saturated heterocycles. The first-order valence-corrected chi connectivity index (χ1v) is 10.5. The highest BCUT2D eigenvalue weighted by atomic mass is 79.9. The molecule has 0 unspecified atom stereocenters. The van der Waals surface area contributed by atoms with E-state index in [0.29, 0.717) is 23.2 Å². The third-order valence-electron chi connectivity index (χ3n) is 4.07. The molecule has 0 atom stereocenters. The summed E-state index contributed by atoms with van der Waals surface area (Å²) in [7, 11) is -1.61. The van der Waals surface area contributed by atoms with Crippen LogP contribution in [0.15, 0.2) is 4.60 Å². The van der Waals surface area contributed by atoms with Gasteiger partial charge in [0, 0.05) is 6.54 Å². The van der Waals surface area contributed by atoms with Gasteiger partial charge in [-0.15, -0.1) is 11.3 Å². The number of nitrogens with zero attached hydrogens (tertiary/aromatic N) is 1. The van der Waals surface area contributed by atoms with E-state index < -0.39 is 8.07 Å². The second-order valence-electron chi connectivity index (χ2n) is 5.83. The van der Waals surface area contributed by atoms with Crippen molar-refractivity contribution in [2.75, 3.05) is 0 Å². The number of hydrogen-bond donors (Lipinski definition) is 1. The molecule has 1 rings (SSSR count). The fraction of sp³-hybridized carbons (Fsp3) is 0.769. The van der Waals surface area contributed by atoms with Crippen LogP contribution in [0.5, 0.6) is 0 Å². The standard InChI is InChI=1S/C13H25BrN2SSi/c1-8(2)18(9(3)4,10(5)6)13-16-12(14)11(7-15)17-13/h8-10H,7,15H2,1-6H3. The molecule has 1 heterocycles. The lowest BCUT2D eigenvalue weighted by atomic mass is 10.5. The van der Waals surface area contributed by atoms with E-state index in [2.05, 4.69) is 57.5 Å². The van der Waals surface area contributed by atoms with E-state index in [9.17, 15) is 0 Å². The zero-order valence-corrected chi connectivity index (χ0v) is 15.7. The quantitative estimate of drug-likeness (QED) is 0.807. The molecule has 104 valence electrons. The fourth-order valence-corrected chi connectivity index (χ4v) is 13.8. The van der Waals surface area contributed by atoms with Gasteiger partial charge in [0.15, 0.2) is 0 Å². The smallest absolute Gasteiger partial charge is 0.131 e. The molecular weight excluding hydrogens is 324 g/mol. The van der Waals surface area contributed by atoms with E-state index in [1.807, 2.05) is 11.3 Å². The van der Waals surface area contributed by atoms with Gasteiger partial charge in [0.2, 0.25) is 0 Å². The van der Waals surface area contributed by atoms with Crippen LogP contribution in [0.1, 0.15) is 46.4 Å². The van der Waals surface area contributed by atoms with Crippen LogP contribution in [0.3, 0.4) is 0 Å². The molecule has 0 bridgehead atoms. The minimum absolute atomic E-state index is 0.580. The molecule has 0 amide bonds. The number of halogens is 1. The van der Waals surface area contributed by atoms with Gasteiger partial charge in [-0.1, -0.05) is 41.5 Å². The summed E-state index contributed by atoms with van der Waals surface area (Å²) in [6.07, 6.45) is 0. The Labute approximate surface area is 125 Å². The predicted molar refractivity (Wildman–Crippen MR) is 88.4 cm³/mol. The summed E-state index contributed by atoms with van der Waals surface area (Å²) < 4.78 is 2.33. The van der Waals surface area contributed by atoms with Gasteiger partial charge in [0.05, 0.1) is 9.51 Å². The van der Waals surface area contributed by atoms with Crippen molar-refractivity contribution < 1.29 is 0 Å². The topological polar surface area (TPSA) is 38.9 Å².